The number of nitrogens with zero attached hydrogens (tertiary/aromatic N) is 2. The van der Waals surface area contributed by atoms with Crippen LogP contribution in [0.2, 0.25) is 5.02 Å². The van der Waals surface area contributed by atoms with Gasteiger partial charge >= 0.3 is 0 Å². The van der Waals surface area contributed by atoms with Gasteiger partial charge in [0.2, 0.25) is 5.91 Å². The van der Waals surface area contributed by atoms with Gasteiger partial charge in [0, 0.05) is 30.1 Å². The minimum absolute atomic E-state index is 0.186. The lowest BCUT2D eigenvalue weighted by atomic mass is 9.99. The van der Waals surface area contributed by atoms with Crippen molar-refractivity contribution in [2.45, 2.75) is 33.2 Å². The minimum atomic E-state index is -0.913. The largest absolute Gasteiger partial charge is 0.618 e. The number of aromatic nitrogens is 2. The van der Waals surface area contributed by atoms with Crippen LogP contribution in [-0.2, 0) is 11.2 Å². The maximum atomic E-state index is 13.3. The van der Waals surface area contributed by atoms with Gasteiger partial charge in [0.15, 0.2) is 11.9 Å². The van der Waals surface area contributed by atoms with Crippen molar-refractivity contribution in [2.75, 3.05) is 5.32 Å². The zero-order valence-electron chi connectivity index (χ0n) is 20.0. The average Bonchev–Trinajstić information content (AvgIpc) is 3.29. The normalized spacial score (nSPS) is 11.7. The van der Waals surface area contributed by atoms with Crippen LogP contribution in [0.3, 0.4) is 0 Å². The first-order valence-corrected chi connectivity index (χ1v) is 11.7. The summed E-state index contributed by atoms with van der Waals surface area (Å²) in [4.78, 5) is 26.1. The highest BCUT2D eigenvalue weighted by Crippen LogP contribution is 2.26. The van der Waals surface area contributed by atoms with Crippen molar-refractivity contribution < 1.29 is 18.8 Å². The van der Waals surface area contributed by atoms with E-state index in [9.17, 15) is 14.8 Å². The van der Waals surface area contributed by atoms with Crippen LogP contribution in [-0.4, -0.2) is 23.0 Å². The van der Waals surface area contributed by atoms with Crippen molar-refractivity contribution in [1.82, 2.24) is 10.5 Å². The monoisotopic (exact) mass is 504 g/mol. The molecule has 2 aromatic carbocycles. The molecule has 0 bridgehead atoms. The molecule has 0 spiro atoms. The second-order valence-corrected chi connectivity index (χ2v) is 8.89. The van der Waals surface area contributed by atoms with E-state index in [4.69, 9.17) is 16.1 Å². The molecule has 2 heterocycles. The highest BCUT2D eigenvalue weighted by molar-refractivity contribution is 6.31. The van der Waals surface area contributed by atoms with Crippen molar-refractivity contribution in [3.63, 3.8) is 0 Å². The van der Waals surface area contributed by atoms with Crippen molar-refractivity contribution in [1.29, 1.82) is 0 Å². The fourth-order valence-electron chi connectivity index (χ4n) is 4.00. The van der Waals surface area contributed by atoms with Crippen LogP contribution >= 0.6 is 11.6 Å². The third kappa shape index (κ3) is 5.39. The standard InChI is InChI=1S/C27H25ClN4O4/c1-16-12-13-32(35)18(3)25(16)19-8-10-21(11-9-19)29-27(34)24(14-20-6-4-5-7-23(20)28)30-26(33)22-15-36-31-17(22)2/h4-13,15,24H,14H2,1-3H3,(H,29,34)(H,30,33)/t24-/m0/s1. The predicted octanol–water partition coefficient (Wildman–Crippen LogP) is 4.53. The van der Waals surface area contributed by atoms with E-state index in [0.29, 0.717) is 22.1 Å². The molecule has 0 unspecified atom stereocenters. The summed E-state index contributed by atoms with van der Waals surface area (Å²) in [5, 5.41) is 21.9. The van der Waals surface area contributed by atoms with Crippen molar-refractivity contribution in [2.24, 2.45) is 0 Å². The van der Waals surface area contributed by atoms with E-state index in [1.807, 2.05) is 25.1 Å². The van der Waals surface area contributed by atoms with E-state index in [0.717, 1.165) is 27.0 Å². The first kappa shape index (κ1) is 24.9. The topological polar surface area (TPSA) is 111 Å². The Morgan fingerprint density at radius 1 is 1.08 bits per heavy atom. The summed E-state index contributed by atoms with van der Waals surface area (Å²) in [6, 6.07) is 15.2. The number of anilines is 1. The Hall–Kier alpha value is -4.17. The number of benzene rings is 2. The molecule has 2 aromatic heterocycles. The van der Waals surface area contributed by atoms with E-state index < -0.39 is 17.9 Å². The molecule has 0 aliphatic heterocycles. The Labute approximate surface area is 213 Å². The zero-order valence-corrected chi connectivity index (χ0v) is 20.8. The highest BCUT2D eigenvalue weighted by Gasteiger charge is 2.25. The third-order valence-electron chi connectivity index (χ3n) is 5.99. The van der Waals surface area contributed by atoms with Gasteiger partial charge in [-0.3, -0.25) is 9.59 Å². The second-order valence-electron chi connectivity index (χ2n) is 8.49. The van der Waals surface area contributed by atoms with Gasteiger partial charge in [-0.15, -0.1) is 0 Å². The molecule has 1 atom stereocenters. The lowest BCUT2D eigenvalue weighted by Gasteiger charge is -2.19. The summed E-state index contributed by atoms with van der Waals surface area (Å²) in [5.74, 6) is -0.883. The molecule has 4 rings (SSSR count). The number of pyridine rings is 1. The summed E-state index contributed by atoms with van der Waals surface area (Å²) in [6.45, 7) is 5.36. The predicted molar refractivity (Wildman–Crippen MR) is 137 cm³/mol. The molecule has 8 nitrogen and oxygen atoms in total. The summed E-state index contributed by atoms with van der Waals surface area (Å²) in [6.07, 6.45) is 2.91. The number of nitrogens with one attached hydrogen (secondary N) is 2. The van der Waals surface area contributed by atoms with Crippen LogP contribution in [0.4, 0.5) is 5.69 Å². The van der Waals surface area contributed by atoms with Crippen LogP contribution in [0.15, 0.2) is 71.6 Å². The fourth-order valence-corrected chi connectivity index (χ4v) is 4.21. The second kappa shape index (κ2) is 10.6. The van der Waals surface area contributed by atoms with E-state index in [1.165, 1.54) is 12.5 Å². The highest BCUT2D eigenvalue weighted by atomic mass is 35.5. The van der Waals surface area contributed by atoms with Gasteiger partial charge in [-0.2, -0.15) is 4.73 Å². The smallest absolute Gasteiger partial charge is 0.257 e. The van der Waals surface area contributed by atoms with E-state index in [1.54, 1.807) is 50.2 Å². The Morgan fingerprint density at radius 3 is 2.47 bits per heavy atom. The molecular weight excluding hydrogens is 480 g/mol. The number of halogens is 1. The molecule has 0 aliphatic carbocycles. The maximum absolute atomic E-state index is 13.3. The molecule has 2 amide bonds. The molecule has 0 fully saturated rings. The SMILES string of the molecule is Cc1cc[n+]([O-])c(C)c1-c1ccc(NC(=O)[C@H](Cc2ccccc2Cl)NC(=O)c2conc2C)cc1. The Kier molecular flexibility index (Phi) is 7.36. The van der Waals surface area contributed by atoms with Crippen LogP contribution in [0.1, 0.15) is 32.9 Å². The van der Waals surface area contributed by atoms with Gasteiger partial charge in [-0.1, -0.05) is 47.1 Å². The average molecular weight is 505 g/mol. The molecule has 4 aromatic rings. The molecule has 0 radical (unpaired) electrons. The number of rotatable bonds is 7. The lowest BCUT2D eigenvalue weighted by molar-refractivity contribution is -0.611. The molecular formula is C27H25ClN4O4. The number of carbonyl (C=O) groups is 2. The molecule has 0 aliphatic rings. The molecule has 2 N–H and O–H groups in total. The molecule has 9 heteroatoms. The summed E-state index contributed by atoms with van der Waals surface area (Å²) in [5.41, 5.74) is 5.21. The first-order chi connectivity index (χ1) is 17.2. The quantitative estimate of drug-likeness (QED) is 0.283. The molecule has 0 saturated carbocycles. The third-order valence-corrected chi connectivity index (χ3v) is 6.35. The fraction of sp³-hybridized carbons (Fsp3) is 0.185. The van der Waals surface area contributed by atoms with Crippen LogP contribution in [0.5, 0.6) is 0 Å². The lowest BCUT2D eigenvalue weighted by Crippen LogP contribution is -2.45. The van der Waals surface area contributed by atoms with E-state index >= 15 is 0 Å². The summed E-state index contributed by atoms with van der Waals surface area (Å²) in [7, 11) is 0. The Balaban J connectivity index is 1.56. The van der Waals surface area contributed by atoms with E-state index in [-0.39, 0.29) is 12.0 Å². The van der Waals surface area contributed by atoms with Crippen molar-refractivity contribution >= 4 is 29.1 Å². The van der Waals surface area contributed by atoms with Crippen molar-refractivity contribution in [3.05, 3.63) is 105 Å². The molecule has 0 saturated heterocycles. The molecule has 184 valence electrons. The maximum Gasteiger partial charge on any atom is 0.257 e. The number of amides is 2. The summed E-state index contributed by atoms with van der Waals surface area (Å²) >= 11 is 6.31. The van der Waals surface area contributed by atoms with Crippen LogP contribution < -0.4 is 15.4 Å². The van der Waals surface area contributed by atoms with Crippen LogP contribution in [0.25, 0.3) is 11.1 Å². The van der Waals surface area contributed by atoms with Gasteiger partial charge in [0.25, 0.3) is 5.91 Å². The van der Waals surface area contributed by atoms with Crippen molar-refractivity contribution in [3.8, 4) is 11.1 Å². The minimum Gasteiger partial charge on any atom is -0.618 e. The van der Waals surface area contributed by atoms with Crippen LogP contribution in [0, 0.1) is 26.0 Å². The van der Waals surface area contributed by atoms with Gasteiger partial charge in [-0.05, 0) is 48.7 Å². The Morgan fingerprint density at radius 2 is 1.81 bits per heavy atom. The Bertz CT molecular complexity index is 1420. The number of hydrogen-bond donors (Lipinski definition) is 2. The number of aryl methyl sites for hydroxylation is 2. The van der Waals surface area contributed by atoms with Gasteiger partial charge in [0.05, 0.1) is 11.3 Å². The number of carbonyl (C=O) groups excluding carboxylic acids is 2. The zero-order chi connectivity index (χ0) is 25.8. The van der Waals surface area contributed by atoms with E-state index in [2.05, 4.69) is 15.8 Å². The number of hydrogen-bond acceptors (Lipinski definition) is 5. The van der Waals surface area contributed by atoms with Gasteiger partial charge in [0.1, 0.15) is 17.9 Å². The molecule has 36 heavy (non-hydrogen) atoms. The summed E-state index contributed by atoms with van der Waals surface area (Å²) < 4.78 is 5.69. The first-order valence-electron chi connectivity index (χ1n) is 11.3. The van der Waals surface area contributed by atoms with Gasteiger partial charge in [-0.25, -0.2) is 0 Å². The van der Waals surface area contributed by atoms with Gasteiger partial charge < -0.3 is 20.4 Å².